The number of carbonyl (C=O) groups excluding carboxylic acids is 1. The Morgan fingerprint density at radius 3 is 2.40 bits per heavy atom. The number of pyridine rings is 1. The van der Waals surface area contributed by atoms with E-state index in [4.69, 9.17) is 4.74 Å². The summed E-state index contributed by atoms with van der Waals surface area (Å²) in [4.78, 5) is 19.7. The molecule has 0 N–H and O–H groups in total. The van der Waals surface area contributed by atoms with Gasteiger partial charge in [0.15, 0.2) is 0 Å². The summed E-state index contributed by atoms with van der Waals surface area (Å²) in [6, 6.07) is 2.45. The van der Waals surface area contributed by atoms with E-state index in [-0.39, 0.29) is 11.5 Å². The Morgan fingerprint density at radius 1 is 1.20 bits per heavy atom. The van der Waals surface area contributed by atoms with E-state index < -0.39 is 17.3 Å². The highest BCUT2D eigenvalue weighted by molar-refractivity contribution is 5.69. The zero-order valence-electron chi connectivity index (χ0n) is 14.6. The topological polar surface area (TPSA) is 45.7 Å². The first-order valence-corrected chi connectivity index (χ1v) is 8.24. The number of anilines is 1. The van der Waals surface area contributed by atoms with Crippen LogP contribution in [0.25, 0.3) is 0 Å². The number of halogens is 3. The van der Waals surface area contributed by atoms with Crippen molar-refractivity contribution in [1.82, 2.24) is 9.88 Å². The van der Waals surface area contributed by atoms with Gasteiger partial charge in [-0.05, 0) is 39.3 Å². The van der Waals surface area contributed by atoms with Crippen molar-refractivity contribution in [3.63, 3.8) is 0 Å². The molecule has 138 valence electrons. The van der Waals surface area contributed by atoms with Crippen LogP contribution in [0.1, 0.15) is 32.8 Å². The molecule has 3 rings (SSSR count). The van der Waals surface area contributed by atoms with Crippen molar-refractivity contribution in [1.29, 1.82) is 0 Å². The maximum Gasteiger partial charge on any atom is 0.417 e. The van der Waals surface area contributed by atoms with Crippen molar-refractivity contribution >= 4 is 11.9 Å². The Hall–Kier alpha value is -1.99. The predicted molar refractivity (Wildman–Crippen MR) is 86.3 cm³/mol. The van der Waals surface area contributed by atoms with Crippen LogP contribution in [0, 0.1) is 5.41 Å². The van der Waals surface area contributed by atoms with Crippen molar-refractivity contribution in [2.45, 2.75) is 39.0 Å². The monoisotopic (exact) mass is 357 g/mol. The molecule has 1 spiro atoms. The highest BCUT2D eigenvalue weighted by Gasteiger charge is 2.49. The lowest BCUT2D eigenvalue weighted by molar-refractivity contribution is -0.137. The third-order valence-corrected chi connectivity index (χ3v) is 4.54. The van der Waals surface area contributed by atoms with Crippen LogP contribution in [0.4, 0.5) is 23.8 Å². The normalized spacial score (nSPS) is 19.9. The quantitative estimate of drug-likeness (QED) is 0.771. The molecule has 2 aliphatic rings. The van der Waals surface area contributed by atoms with E-state index in [0.717, 1.165) is 18.7 Å². The van der Waals surface area contributed by atoms with Gasteiger partial charge in [-0.1, -0.05) is 0 Å². The second kappa shape index (κ2) is 5.78. The van der Waals surface area contributed by atoms with Gasteiger partial charge in [-0.15, -0.1) is 0 Å². The van der Waals surface area contributed by atoms with Crippen molar-refractivity contribution in [3.8, 4) is 0 Å². The molecule has 2 fully saturated rings. The zero-order valence-corrected chi connectivity index (χ0v) is 14.6. The molecule has 0 aliphatic carbocycles. The SMILES string of the molecule is CC(C)(C)OC(=O)N1CCC2(C1)CN(c1ccc(C(F)(F)F)cn1)C2. The van der Waals surface area contributed by atoms with E-state index >= 15 is 0 Å². The fraction of sp³-hybridized carbons (Fsp3) is 0.647. The van der Waals surface area contributed by atoms with Crippen LogP contribution in [-0.4, -0.2) is 47.8 Å². The van der Waals surface area contributed by atoms with Gasteiger partial charge in [-0.25, -0.2) is 9.78 Å². The van der Waals surface area contributed by atoms with E-state index in [1.165, 1.54) is 6.07 Å². The van der Waals surface area contributed by atoms with Crippen LogP contribution in [0.5, 0.6) is 0 Å². The van der Waals surface area contributed by atoms with Gasteiger partial charge in [0, 0.05) is 37.8 Å². The molecule has 0 unspecified atom stereocenters. The zero-order chi connectivity index (χ0) is 18.5. The molecule has 1 amide bonds. The van der Waals surface area contributed by atoms with Gasteiger partial charge < -0.3 is 14.5 Å². The van der Waals surface area contributed by atoms with E-state index in [9.17, 15) is 18.0 Å². The van der Waals surface area contributed by atoms with Gasteiger partial charge in [-0.3, -0.25) is 0 Å². The van der Waals surface area contributed by atoms with Gasteiger partial charge in [0.25, 0.3) is 0 Å². The van der Waals surface area contributed by atoms with E-state index in [0.29, 0.717) is 32.0 Å². The number of likely N-dealkylation sites (tertiary alicyclic amines) is 1. The lowest BCUT2D eigenvalue weighted by atomic mass is 9.79. The Labute approximate surface area is 144 Å². The Kier molecular flexibility index (Phi) is 4.12. The number of nitrogens with zero attached hydrogens (tertiary/aromatic N) is 3. The summed E-state index contributed by atoms with van der Waals surface area (Å²) in [5, 5.41) is 0. The lowest BCUT2D eigenvalue weighted by Gasteiger charge is -2.48. The molecular weight excluding hydrogens is 335 g/mol. The number of hydrogen-bond acceptors (Lipinski definition) is 4. The Morgan fingerprint density at radius 2 is 1.88 bits per heavy atom. The van der Waals surface area contributed by atoms with Crippen molar-refractivity contribution in [2.24, 2.45) is 5.41 Å². The molecule has 25 heavy (non-hydrogen) atoms. The fourth-order valence-electron chi connectivity index (χ4n) is 3.34. The number of carbonyl (C=O) groups is 1. The van der Waals surface area contributed by atoms with E-state index in [1.807, 2.05) is 25.7 Å². The largest absolute Gasteiger partial charge is 0.444 e. The molecule has 0 atom stereocenters. The average Bonchev–Trinajstić information content (AvgIpc) is 2.89. The summed E-state index contributed by atoms with van der Waals surface area (Å²) in [5.74, 6) is 0.536. The maximum atomic E-state index is 12.6. The van der Waals surface area contributed by atoms with Gasteiger partial charge >= 0.3 is 12.3 Å². The molecule has 5 nitrogen and oxygen atoms in total. The van der Waals surface area contributed by atoms with Crippen LogP contribution in [0.15, 0.2) is 18.3 Å². The second-order valence-corrected chi connectivity index (χ2v) is 7.91. The summed E-state index contributed by atoms with van der Waals surface area (Å²) in [5.41, 5.74) is -1.28. The molecule has 1 aromatic heterocycles. The molecule has 2 saturated heterocycles. The number of rotatable bonds is 1. The minimum absolute atomic E-state index is 0.0126. The third kappa shape index (κ3) is 3.82. The first kappa shape index (κ1) is 17.8. The summed E-state index contributed by atoms with van der Waals surface area (Å²) in [7, 11) is 0. The first-order chi connectivity index (χ1) is 11.5. The fourth-order valence-corrected chi connectivity index (χ4v) is 3.34. The van der Waals surface area contributed by atoms with Crippen LogP contribution < -0.4 is 4.90 Å². The van der Waals surface area contributed by atoms with Gasteiger partial charge in [-0.2, -0.15) is 13.2 Å². The van der Waals surface area contributed by atoms with Gasteiger partial charge in [0.1, 0.15) is 11.4 Å². The van der Waals surface area contributed by atoms with Crippen molar-refractivity contribution < 1.29 is 22.7 Å². The molecule has 0 aromatic carbocycles. The van der Waals surface area contributed by atoms with Crippen LogP contribution in [0.3, 0.4) is 0 Å². The molecule has 2 aliphatic heterocycles. The Bertz CT molecular complexity index is 647. The van der Waals surface area contributed by atoms with Gasteiger partial charge in [0.2, 0.25) is 0 Å². The molecule has 0 bridgehead atoms. The number of alkyl halides is 3. The van der Waals surface area contributed by atoms with E-state index in [1.54, 1.807) is 4.90 Å². The standard InChI is InChI=1S/C17H22F3N3O2/c1-15(2,3)25-14(24)22-7-6-16(9-22)10-23(11-16)13-5-4-12(8-21-13)17(18,19)20/h4-5,8H,6-7,9-11H2,1-3H3. The minimum Gasteiger partial charge on any atom is -0.444 e. The van der Waals surface area contributed by atoms with Gasteiger partial charge in [0.05, 0.1) is 5.56 Å². The van der Waals surface area contributed by atoms with Crippen molar-refractivity contribution in [3.05, 3.63) is 23.9 Å². The summed E-state index contributed by atoms with van der Waals surface area (Å²) in [6.07, 6.45) is -2.96. The highest BCUT2D eigenvalue weighted by atomic mass is 19.4. The summed E-state index contributed by atoms with van der Waals surface area (Å²) in [6.45, 7) is 8.12. The first-order valence-electron chi connectivity index (χ1n) is 8.24. The highest BCUT2D eigenvalue weighted by Crippen LogP contribution is 2.42. The molecule has 3 heterocycles. The second-order valence-electron chi connectivity index (χ2n) is 7.91. The molecule has 1 aromatic rings. The van der Waals surface area contributed by atoms with E-state index in [2.05, 4.69) is 4.98 Å². The number of hydrogen-bond donors (Lipinski definition) is 0. The van der Waals surface area contributed by atoms with Crippen LogP contribution >= 0.6 is 0 Å². The maximum absolute atomic E-state index is 12.6. The number of amides is 1. The van der Waals surface area contributed by atoms with Crippen LogP contribution in [0.2, 0.25) is 0 Å². The minimum atomic E-state index is -4.37. The van der Waals surface area contributed by atoms with Crippen LogP contribution in [-0.2, 0) is 10.9 Å². The summed E-state index contributed by atoms with van der Waals surface area (Å²) < 4.78 is 43.2. The molecule has 0 radical (unpaired) electrons. The smallest absolute Gasteiger partial charge is 0.417 e. The molecule has 8 heteroatoms. The molecular formula is C17H22F3N3O2. The molecule has 0 saturated carbocycles. The Balaban J connectivity index is 1.56. The number of ether oxygens (including phenoxy) is 1. The third-order valence-electron chi connectivity index (χ3n) is 4.54. The lowest BCUT2D eigenvalue weighted by Crippen LogP contribution is -2.58. The average molecular weight is 357 g/mol. The summed E-state index contributed by atoms with van der Waals surface area (Å²) >= 11 is 0. The number of aromatic nitrogens is 1. The van der Waals surface area contributed by atoms with Crippen molar-refractivity contribution in [2.75, 3.05) is 31.1 Å². The predicted octanol–water partition coefficient (Wildman–Crippen LogP) is 3.55.